The summed E-state index contributed by atoms with van der Waals surface area (Å²) in [5.41, 5.74) is 0.842. The van der Waals surface area contributed by atoms with Gasteiger partial charge in [-0.1, -0.05) is 52.8 Å². The molecular formula is C31H53NO7. The van der Waals surface area contributed by atoms with Gasteiger partial charge in [-0.2, -0.15) is 0 Å². The third-order valence-corrected chi connectivity index (χ3v) is 8.37. The molecule has 2 heterocycles. The van der Waals surface area contributed by atoms with E-state index in [-0.39, 0.29) is 42.3 Å². The molecule has 0 spiro atoms. The van der Waals surface area contributed by atoms with Crippen LogP contribution in [0.1, 0.15) is 87.5 Å². The van der Waals surface area contributed by atoms with Crippen molar-refractivity contribution in [3.63, 3.8) is 0 Å². The van der Waals surface area contributed by atoms with Crippen LogP contribution in [0.15, 0.2) is 23.8 Å². The lowest BCUT2D eigenvalue weighted by molar-refractivity contribution is -0.151. The van der Waals surface area contributed by atoms with Crippen LogP contribution in [0.2, 0.25) is 0 Å². The number of hydrogen-bond acceptors (Lipinski definition) is 6. The van der Waals surface area contributed by atoms with Gasteiger partial charge in [0.05, 0.1) is 36.4 Å². The Hall–Kier alpha value is -1.90. The second kappa shape index (κ2) is 15.2. The highest BCUT2D eigenvalue weighted by atomic mass is 16.6. The molecule has 2 fully saturated rings. The Bertz CT molecular complexity index is 854. The third kappa shape index (κ3) is 9.32. The lowest BCUT2D eigenvalue weighted by atomic mass is 9.85. The van der Waals surface area contributed by atoms with Crippen molar-refractivity contribution in [1.82, 2.24) is 4.90 Å². The first-order valence-corrected chi connectivity index (χ1v) is 14.8. The number of carbonyl (C=O) groups is 2. The topological polar surface area (TPSA) is 97.8 Å². The first-order valence-electron chi connectivity index (χ1n) is 14.8. The molecule has 9 atom stereocenters. The summed E-state index contributed by atoms with van der Waals surface area (Å²) >= 11 is 0. The molecule has 0 aromatic rings. The summed E-state index contributed by atoms with van der Waals surface area (Å²) < 4.78 is 23.9. The standard InChI is InChI=1S/C31H53NO7/c1-10-16-32(12-3)30(35)38-26-17-24(18-27(33)34)37-28(22(26)6)21(5)15-13-14-20(4)19-31(8)29(39-31)23(7)25(11-2)36-9/h13-15,20,22-26,28-29H,10-12,16-19H2,1-9H3,(H,33,34)/b14-13+,21-15+/t20-,22+,23-,24-,25+,26-,28-,29-,31-/m1/s1. The number of allylic oxidation sites excluding steroid dienone is 3. The minimum atomic E-state index is -0.922. The van der Waals surface area contributed by atoms with Gasteiger partial charge >= 0.3 is 12.1 Å². The number of ether oxygens (including phenoxy) is 4. The van der Waals surface area contributed by atoms with E-state index in [0.29, 0.717) is 31.3 Å². The number of aliphatic carboxylic acids is 1. The first kappa shape index (κ1) is 33.3. The zero-order valence-electron chi connectivity index (χ0n) is 25.6. The molecule has 2 aliphatic rings. The minimum Gasteiger partial charge on any atom is -0.481 e. The number of amides is 1. The van der Waals surface area contributed by atoms with E-state index >= 15 is 0 Å². The number of epoxide rings is 1. The summed E-state index contributed by atoms with van der Waals surface area (Å²) in [6.45, 7) is 17.9. The molecule has 8 nitrogen and oxygen atoms in total. The average Bonchev–Trinajstić information content (AvgIpc) is 3.54. The van der Waals surface area contributed by atoms with E-state index in [9.17, 15) is 14.7 Å². The second-order valence-electron chi connectivity index (χ2n) is 11.7. The molecule has 0 unspecified atom stereocenters. The van der Waals surface area contributed by atoms with E-state index in [1.165, 1.54) is 0 Å². The van der Waals surface area contributed by atoms with Gasteiger partial charge in [-0.05, 0) is 51.5 Å². The predicted octanol–water partition coefficient (Wildman–Crippen LogP) is 6.24. The van der Waals surface area contributed by atoms with Crippen molar-refractivity contribution in [1.29, 1.82) is 0 Å². The number of methoxy groups -OCH3 is 1. The predicted molar refractivity (Wildman–Crippen MR) is 153 cm³/mol. The normalized spacial score (nSPS) is 31.5. The van der Waals surface area contributed by atoms with Gasteiger partial charge in [0.25, 0.3) is 0 Å². The summed E-state index contributed by atoms with van der Waals surface area (Å²) in [5, 5.41) is 9.39. The minimum absolute atomic E-state index is 0.102. The SMILES string of the molecule is CCCN(CC)C(=O)O[C@@H]1C[C@H](CC(=O)O)O[C@H](/C(C)=C/C=C/[C@@H](C)C[C@@]2(C)O[C@@H]2[C@H](C)[C@H](CC)OC)[C@H]1C. The summed E-state index contributed by atoms with van der Waals surface area (Å²) in [6, 6.07) is 0. The van der Waals surface area contributed by atoms with Crippen LogP contribution in [-0.2, 0) is 23.7 Å². The Morgan fingerprint density at radius 1 is 1.23 bits per heavy atom. The van der Waals surface area contributed by atoms with Crippen LogP contribution >= 0.6 is 0 Å². The van der Waals surface area contributed by atoms with E-state index in [2.05, 4.69) is 33.8 Å². The lowest BCUT2D eigenvalue weighted by Crippen LogP contribution is -2.47. The highest BCUT2D eigenvalue weighted by Crippen LogP contribution is 2.47. The van der Waals surface area contributed by atoms with E-state index in [0.717, 1.165) is 24.8 Å². The van der Waals surface area contributed by atoms with Crippen LogP contribution in [-0.4, -0.2) is 78.4 Å². The fourth-order valence-electron chi connectivity index (χ4n) is 6.14. The molecule has 0 radical (unpaired) electrons. The number of carbonyl (C=O) groups excluding carboxylic acids is 1. The largest absolute Gasteiger partial charge is 0.481 e. The van der Waals surface area contributed by atoms with Gasteiger partial charge in [0.15, 0.2) is 0 Å². The maximum atomic E-state index is 12.8. The average molecular weight is 552 g/mol. The van der Waals surface area contributed by atoms with Crippen molar-refractivity contribution < 1.29 is 33.6 Å². The van der Waals surface area contributed by atoms with Gasteiger partial charge in [0, 0.05) is 38.5 Å². The lowest BCUT2D eigenvalue weighted by Gasteiger charge is -2.40. The second-order valence-corrected chi connectivity index (χ2v) is 11.7. The van der Waals surface area contributed by atoms with Gasteiger partial charge in [0.1, 0.15) is 6.10 Å². The van der Waals surface area contributed by atoms with Crippen molar-refractivity contribution in [3.05, 3.63) is 23.8 Å². The van der Waals surface area contributed by atoms with E-state index in [1.54, 1.807) is 12.0 Å². The quantitative estimate of drug-likeness (QED) is 0.190. The first-order chi connectivity index (χ1) is 18.4. The molecule has 0 aliphatic carbocycles. The number of nitrogens with zero attached hydrogens (tertiary/aromatic N) is 1. The van der Waals surface area contributed by atoms with Crippen molar-refractivity contribution in [3.8, 4) is 0 Å². The van der Waals surface area contributed by atoms with Crippen LogP contribution in [0, 0.1) is 17.8 Å². The monoisotopic (exact) mass is 551 g/mol. The number of rotatable bonds is 15. The fourth-order valence-corrected chi connectivity index (χ4v) is 6.14. The van der Waals surface area contributed by atoms with Gasteiger partial charge < -0.3 is 29.0 Å². The smallest absolute Gasteiger partial charge is 0.410 e. The van der Waals surface area contributed by atoms with E-state index < -0.39 is 18.2 Å². The fraction of sp³-hybridized carbons (Fsp3) is 0.806. The molecule has 8 heteroatoms. The summed E-state index contributed by atoms with van der Waals surface area (Å²) in [4.78, 5) is 25.9. The molecule has 2 saturated heterocycles. The highest BCUT2D eigenvalue weighted by Gasteiger charge is 2.56. The van der Waals surface area contributed by atoms with Crippen LogP contribution in [0.3, 0.4) is 0 Å². The Labute approximate surface area is 236 Å². The Kier molecular flexibility index (Phi) is 13.0. The molecular weight excluding hydrogens is 498 g/mol. The molecule has 2 rings (SSSR count). The molecule has 2 aliphatic heterocycles. The van der Waals surface area contributed by atoms with Crippen LogP contribution in [0.4, 0.5) is 4.79 Å². The molecule has 39 heavy (non-hydrogen) atoms. The zero-order chi connectivity index (χ0) is 29.3. The molecule has 1 N–H and O–H groups in total. The molecule has 224 valence electrons. The molecule has 0 aromatic heterocycles. The third-order valence-electron chi connectivity index (χ3n) is 8.37. The van der Waals surface area contributed by atoms with Crippen LogP contribution < -0.4 is 0 Å². The molecule has 1 amide bonds. The Morgan fingerprint density at radius 3 is 2.49 bits per heavy atom. The zero-order valence-corrected chi connectivity index (χ0v) is 25.6. The Morgan fingerprint density at radius 2 is 1.92 bits per heavy atom. The van der Waals surface area contributed by atoms with Crippen LogP contribution in [0.5, 0.6) is 0 Å². The molecule has 0 aromatic carbocycles. The Balaban J connectivity index is 2.05. The van der Waals surface area contributed by atoms with Crippen molar-refractivity contribution in [2.75, 3.05) is 20.2 Å². The van der Waals surface area contributed by atoms with Crippen molar-refractivity contribution >= 4 is 12.1 Å². The molecule has 0 saturated carbocycles. The van der Waals surface area contributed by atoms with Crippen molar-refractivity contribution in [2.45, 2.75) is 124 Å². The van der Waals surface area contributed by atoms with Crippen molar-refractivity contribution in [2.24, 2.45) is 17.8 Å². The van der Waals surface area contributed by atoms with Gasteiger partial charge in [-0.3, -0.25) is 4.79 Å². The molecule has 0 bridgehead atoms. The van der Waals surface area contributed by atoms with Crippen LogP contribution in [0.25, 0.3) is 0 Å². The van der Waals surface area contributed by atoms with E-state index in [1.807, 2.05) is 39.8 Å². The number of hydrogen-bond donors (Lipinski definition) is 1. The summed E-state index contributed by atoms with van der Waals surface area (Å²) in [7, 11) is 1.77. The summed E-state index contributed by atoms with van der Waals surface area (Å²) in [6.07, 6.45) is 8.05. The van der Waals surface area contributed by atoms with Gasteiger partial charge in [-0.15, -0.1) is 0 Å². The maximum absolute atomic E-state index is 12.8. The maximum Gasteiger partial charge on any atom is 0.410 e. The number of carboxylic acid groups (broad SMARTS) is 1. The van der Waals surface area contributed by atoms with Gasteiger partial charge in [-0.25, -0.2) is 4.79 Å². The van der Waals surface area contributed by atoms with Gasteiger partial charge in [0.2, 0.25) is 0 Å². The van der Waals surface area contributed by atoms with E-state index in [4.69, 9.17) is 18.9 Å². The summed E-state index contributed by atoms with van der Waals surface area (Å²) in [5.74, 6) is -0.361. The highest BCUT2D eigenvalue weighted by molar-refractivity contribution is 5.68. The number of carboxylic acids is 1.